The third-order valence-corrected chi connectivity index (χ3v) is 4.50. The van der Waals surface area contributed by atoms with Crippen LogP contribution in [0.25, 0.3) is 5.70 Å². The smallest absolute Gasteiger partial charge is 0.226 e. The van der Waals surface area contributed by atoms with Crippen LogP contribution in [0.4, 0.5) is 5.95 Å². The molecule has 0 saturated carbocycles. The number of anilines is 1. The summed E-state index contributed by atoms with van der Waals surface area (Å²) in [7, 11) is 0. The molecular formula is C20H20N4. The molecule has 2 heterocycles. The maximum absolute atomic E-state index is 4.40. The average molecular weight is 316 g/mol. The van der Waals surface area contributed by atoms with Crippen LogP contribution in [0.2, 0.25) is 0 Å². The third kappa shape index (κ3) is 2.60. The first kappa shape index (κ1) is 14.7. The van der Waals surface area contributed by atoms with Crippen LogP contribution < -0.4 is 5.32 Å². The number of nitrogens with one attached hydrogen (secondary N) is 1. The fourth-order valence-electron chi connectivity index (χ4n) is 3.02. The van der Waals surface area contributed by atoms with E-state index in [-0.39, 0.29) is 6.04 Å². The largest absolute Gasteiger partial charge is 0.324 e. The summed E-state index contributed by atoms with van der Waals surface area (Å²) in [6.07, 6.45) is 4.86. The van der Waals surface area contributed by atoms with Crippen LogP contribution in [0.5, 0.6) is 0 Å². The Kier molecular flexibility index (Phi) is 3.65. The third-order valence-electron chi connectivity index (χ3n) is 4.50. The Morgan fingerprint density at radius 2 is 1.79 bits per heavy atom. The number of rotatable bonds is 3. The van der Waals surface area contributed by atoms with E-state index >= 15 is 0 Å². The molecule has 1 atom stereocenters. The lowest BCUT2D eigenvalue weighted by Crippen LogP contribution is -2.20. The highest BCUT2D eigenvalue weighted by Gasteiger charge is 2.23. The predicted octanol–water partition coefficient (Wildman–Crippen LogP) is 4.20. The van der Waals surface area contributed by atoms with Crippen LogP contribution >= 0.6 is 0 Å². The molecule has 4 nitrogen and oxygen atoms in total. The molecule has 0 radical (unpaired) electrons. The molecule has 0 aliphatic carbocycles. The molecule has 0 unspecified atom stereocenters. The quantitative estimate of drug-likeness (QED) is 0.787. The van der Waals surface area contributed by atoms with Gasteiger partial charge in [-0.1, -0.05) is 61.0 Å². The summed E-state index contributed by atoms with van der Waals surface area (Å²) in [6, 6.07) is 17.3. The van der Waals surface area contributed by atoms with Crippen molar-refractivity contribution in [2.24, 2.45) is 0 Å². The highest BCUT2D eigenvalue weighted by Crippen LogP contribution is 2.32. The molecule has 4 heteroatoms. The second-order valence-corrected chi connectivity index (χ2v) is 6.14. The van der Waals surface area contributed by atoms with Gasteiger partial charge in [-0.25, -0.2) is 4.68 Å². The monoisotopic (exact) mass is 316 g/mol. The Hall–Kier alpha value is -2.88. The Morgan fingerprint density at radius 3 is 2.50 bits per heavy atom. The predicted molar refractivity (Wildman–Crippen MR) is 96.8 cm³/mol. The van der Waals surface area contributed by atoms with Gasteiger partial charge in [0.25, 0.3) is 0 Å². The van der Waals surface area contributed by atoms with E-state index in [0.717, 1.165) is 23.6 Å². The zero-order chi connectivity index (χ0) is 16.5. The lowest BCUT2D eigenvalue weighted by atomic mass is 10.00. The van der Waals surface area contributed by atoms with E-state index in [1.807, 2.05) is 4.68 Å². The number of benzene rings is 2. The van der Waals surface area contributed by atoms with Gasteiger partial charge in [0.05, 0.1) is 0 Å². The molecule has 3 aromatic rings. The van der Waals surface area contributed by atoms with Crippen LogP contribution in [0.3, 0.4) is 0 Å². The molecule has 1 aliphatic rings. The first-order valence-corrected chi connectivity index (χ1v) is 8.29. The van der Waals surface area contributed by atoms with Crippen molar-refractivity contribution in [3.8, 4) is 0 Å². The average Bonchev–Trinajstić information content (AvgIpc) is 3.10. The van der Waals surface area contributed by atoms with Gasteiger partial charge in [0.15, 0.2) is 0 Å². The number of hydrogen-bond donors (Lipinski definition) is 1. The van der Waals surface area contributed by atoms with E-state index in [9.17, 15) is 0 Å². The molecule has 0 amide bonds. The topological polar surface area (TPSA) is 42.7 Å². The van der Waals surface area contributed by atoms with E-state index in [4.69, 9.17) is 0 Å². The lowest BCUT2D eigenvalue weighted by Gasteiger charge is -2.24. The van der Waals surface area contributed by atoms with Crippen molar-refractivity contribution in [1.82, 2.24) is 14.8 Å². The summed E-state index contributed by atoms with van der Waals surface area (Å²) in [5.41, 5.74) is 6.04. The van der Waals surface area contributed by atoms with E-state index in [1.54, 1.807) is 6.33 Å². The van der Waals surface area contributed by atoms with Crippen LogP contribution in [0, 0.1) is 6.92 Å². The first-order valence-electron chi connectivity index (χ1n) is 8.29. The minimum Gasteiger partial charge on any atom is -0.324 e. The minimum atomic E-state index is 0.0472. The van der Waals surface area contributed by atoms with Crippen LogP contribution in [0.15, 0.2) is 60.9 Å². The van der Waals surface area contributed by atoms with Crippen molar-refractivity contribution in [2.75, 3.05) is 5.32 Å². The van der Waals surface area contributed by atoms with Crippen molar-refractivity contribution >= 4 is 11.6 Å². The number of nitrogens with zero attached hydrogens (tertiary/aromatic N) is 3. The summed E-state index contributed by atoms with van der Waals surface area (Å²) in [4.78, 5) is 4.36. The number of allylic oxidation sites excluding steroid dienone is 1. The summed E-state index contributed by atoms with van der Waals surface area (Å²) in [6.45, 7) is 4.27. The Bertz CT molecular complexity index is 873. The normalized spacial score (nSPS) is 16.2. The molecule has 4 rings (SSSR count). The molecule has 0 bridgehead atoms. The van der Waals surface area contributed by atoms with Gasteiger partial charge in [0.1, 0.15) is 12.4 Å². The second kappa shape index (κ2) is 5.96. The molecule has 120 valence electrons. The van der Waals surface area contributed by atoms with Gasteiger partial charge in [-0.05, 0) is 36.1 Å². The van der Waals surface area contributed by atoms with Crippen molar-refractivity contribution in [3.63, 3.8) is 0 Å². The maximum Gasteiger partial charge on any atom is 0.226 e. The van der Waals surface area contributed by atoms with Gasteiger partial charge >= 0.3 is 0 Å². The highest BCUT2D eigenvalue weighted by atomic mass is 15.4. The highest BCUT2D eigenvalue weighted by molar-refractivity contribution is 5.77. The summed E-state index contributed by atoms with van der Waals surface area (Å²) >= 11 is 0. The number of aryl methyl sites for hydroxylation is 2. The van der Waals surface area contributed by atoms with Gasteiger partial charge in [-0.2, -0.15) is 10.1 Å². The standard InChI is InChI=1S/C20H20N4/c1-3-15-6-10-17(11-7-15)19-12-18(16-8-4-14(2)5-9-16)23-20-21-13-22-24(19)20/h4-13,19H,3H2,1-2H3,(H,21,22,23)/t19-/m1/s1. The molecule has 1 aromatic heterocycles. The van der Waals surface area contributed by atoms with E-state index in [0.29, 0.717) is 0 Å². The van der Waals surface area contributed by atoms with Crippen molar-refractivity contribution in [2.45, 2.75) is 26.3 Å². The first-order chi connectivity index (χ1) is 11.7. The Balaban J connectivity index is 1.77. The number of hydrogen-bond acceptors (Lipinski definition) is 3. The molecule has 0 saturated heterocycles. The summed E-state index contributed by atoms with van der Waals surface area (Å²) < 4.78 is 1.93. The van der Waals surface area contributed by atoms with Gasteiger partial charge < -0.3 is 5.32 Å². The van der Waals surface area contributed by atoms with Gasteiger partial charge in [0, 0.05) is 5.70 Å². The van der Waals surface area contributed by atoms with Crippen LogP contribution in [-0.2, 0) is 6.42 Å². The molecular weight excluding hydrogens is 296 g/mol. The van der Waals surface area contributed by atoms with Crippen molar-refractivity contribution in [1.29, 1.82) is 0 Å². The molecule has 24 heavy (non-hydrogen) atoms. The van der Waals surface area contributed by atoms with Crippen LogP contribution in [-0.4, -0.2) is 14.8 Å². The van der Waals surface area contributed by atoms with Gasteiger partial charge in [-0.15, -0.1) is 0 Å². The lowest BCUT2D eigenvalue weighted by molar-refractivity contribution is 0.611. The number of aromatic nitrogens is 3. The Labute approximate surface area is 141 Å². The summed E-state index contributed by atoms with van der Waals surface area (Å²) in [5, 5.41) is 7.78. The van der Waals surface area contributed by atoms with E-state index in [2.05, 4.69) is 83.9 Å². The van der Waals surface area contributed by atoms with Gasteiger partial charge in [0.2, 0.25) is 5.95 Å². The molecule has 2 aromatic carbocycles. The fraction of sp³-hybridized carbons (Fsp3) is 0.200. The Morgan fingerprint density at radius 1 is 1.04 bits per heavy atom. The molecule has 1 N–H and O–H groups in total. The van der Waals surface area contributed by atoms with Crippen molar-refractivity contribution < 1.29 is 0 Å². The molecule has 0 fully saturated rings. The SMILES string of the molecule is CCc1ccc([C@H]2C=C(c3ccc(C)cc3)Nc3ncnn32)cc1. The zero-order valence-corrected chi connectivity index (χ0v) is 13.9. The minimum absolute atomic E-state index is 0.0472. The maximum atomic E-state index is 4.40. The fourth-order valence-corrected chi connectivity index (χ4v) is 3.02. The molecule has 0 spiro atoms. The zero-order valence-electron chi connectivity index (χ0n) is 13.9. The second-order valence-electron chi connectivity index (χ2n) is 6.14. The van der Waals surface area contributed by atoms with E-state index < -0.39 is 0 Å². The van der Waals surface area contributed by atoms with Crippen molar-refractivity contribution in [3.05, 3.63) is 83.2 Å². The molecule has 1 aliphatic heterocycles. The van der Waals surface area contributed by atoms with Crippen LogP contribution in [0.1, 0.15) is 35.2 Å². The van der Waals surface area contributed by atoms with Gasteiger partial charge in [-0.3, -0.25) is 0 Å². The van der Waals surface area contributed by atoms with E-state index in [1.165, 1.54) is 16.7 Å². The number of fused-ring (bicyclic) bond motifs is 1. The summed E-state index contributed by atoms with van der Waals surface area (Å²) in [5.74, 6) is 0.776.